The predicted octanol–water partition coefficient (Wildman–Crippen LogP) is 4.02. The van der Waals surface area contributed by atoms with Crippen molar-refractivity contribution in [3.8, 4) is 0 Å². The van der Waals surface area contributed by atoms with Crippen LogP contribution in [0.1, 0.15) is 58.2 Å². The first kappa shape index (κ1) is 13.1. The third kappa shape index (κ3) is 1.91. The van der Waals surface area contributed by atoms with Crippen molar-refractivity contribution < 1.29 is 0 Å². The highest BCUT2D eigenvalue weighted by Gasteiger charge is 2.59. The zero-order valence-corrected chi connectivity index (χ0v) is 13.6. The van der Waals surface area contributed by atoms with Crippen molar-refractivity contribution in [1.29, 1.82) is 0 Å². The molecule has 2 atom stereocenters. The molecule has 0 aromatic carbocycles. The molecule has 110 valence electrons. The van der Waals surface area contributed by atoms with E-state index in [-0.39, 0.29) is 0 Å². The average molecular weight is 291 g/mol. The lowest BCUT2D eigenvalue weighted by Gasteiger charge is -2.65. The molecule has 0 radical (unpaired) electrons. The fraction of sp³-hybridized carbons (Fsp3) is 0.875. The van der Waals surface area contributed by atoms with Gasteiger partial charge in [0, 0.05) is 13.5 Å². The van der Waals surface area contributed by atoms with E-state index in [1.165, 1.54) is 38.5 Å². The third-order valence-electron chi connectivity index (χ3n) is 6.10. The van der Waals surface area contributed by atoms with E-state index in [0.717, 1.165) is 18.2 Å². The number of nitrogens with zero attached hydrogens (tertiary/aromatic N) is 2. The first-order valence-electron chi connectivity index (χ1n) is 7.91. The Morgan fingerprint density at radius 2 is 1.85 bits per heavy atom. The summed E-state index contributed by atoms with van der Waals surface area (Å²) in [6, 6.07) is 0. The molecule has 4 fully saturated rings. The van der Waals surface area contributed by atoms with Crippen molar-refractivity contribution >= 4 is 12.2 Å². The molecule has 5 rings (SSSR count). The lowest BCUT2D eigenvalue weighted by molar-refractivity contribution is -0.144. The minimum Gasteiger partial charge on any atom is -0.283 e. The van der Waals surface area contributed by atoms with E-state index in [4.69, 9.17) is 12.2 Å². The number of rotatable bonds is 2. The van der Waals surface area contributed by atoms with E-state index in [2.05, 4.69) is 23.9 Å². The topological polar surface area (TPSA) is 33.6 Å². The van der Waals surface area contributed by atoms with Crippen molar-refractivity contribution in [2.75, 3.05) is 0 Å². The number of H-pyrrole nitrogens is 1. The van der Waals surface area contributed by atoms with Crippen LogP contribution in [0.2, 0.25) is 0 Å². The number of hydrogen-bond donors (Lipinski definition) is 1. The van der Waals surface area contributed by atoms with Crippen molar-refractivity contribution in [1.82, 2.24) is 14.8 Å². The standard InChI is InChI=1S/C16H25N3S/c1-14-4-11-5-15(2,8-14)10-16(6-11,9-14)7-12-17-13(20)19(3)18-12/h11H,4-10H2,1-3H3,(H,17,18,20). The number of aromatic amines is 1. The van der Waals surface area contributed by atoms with Gasteiger partial charge in [-0.3, -0.25) is 9.78 Å². The summed E-state index contributed by atoms with van der Waals surface area (Å²) >= 11 is 5.25. The van der Waals surface area contributed by atoms with E-state index in [1.807, 2.05) is 11.7 Å². The lowest BCUT2D eigenvalue weighted by atomic mass is 9.40. The van der Waals surface area contributed by atoms with Crippen LogP contribution in [0.5, 0.6) is 0 Å². The molecule has 0 amide bonds. The fourth-order valence-corrected chi connectivity index (χ4v) is 6.93. The Labute approximate surface area is 126 Å². The van der Waals surface area contributed by atoms with E-state index in [0.29, 0.717) is 21.0 Å². The van der Waals surface area contributed by atoms with Crippen LogP contribution < -0.4 is 0 Å². The normalized spacial score (nSPS) is 46.0. The van der Waals surface area contributed by atoms with Gasteiger partial charge in [0.25, 0.3) is 0 Å². The van der Waals surface area contributed by atoms with Gasteiger partial charge in [-0.2, -0.15) is 0 Å². The van der Waals surface area contributed by atoms with Crippen LogP contribution in [0.4, 0.5) is 0 Å². The van der Waals surface area contributed by atoms with Gasteiger partial charge in [-0.05, 0) is 72.9 Å². The number of hydrogen-bond acceptors (Lipinski definition) is 2. The second kappa shape index (κ2) is 3.76. The highest BCUT2D eigenvalue weighted by Crippen LogP contribution is 2.70. The molecule has 4 heteroatoms. The summed E-state index contributed by atoms with van der Waals surface area (Å²) in [6.07, 6.45) is 9.66. The molecule has 1 aromatic heterocycles. The van der Waals surface area contributed by atoms with Gasteiger partial charge in [0.1, 0.15) is 5.82 Å². The monoisotopic (exact) mass is 291 g/mol. The maximum absolute atomic E-state index is 5.25. The van der Waals surface area contributed by atoms with Gasteiger partial charge >= 0.3 is 0 Å². The van der Waals surface area contributed by atoms with Gasteiger partial charge in [-0.15, -0.1) is 0 Å². The molecule has 0 saturated heterocycles. The molecular formula is C16H25N3S. The highest BCUT2D eigenvalue weighted by atomic mass is 32.1. The number of nitrogens with one attached hydrogen (secondary N) is 1. The van der Waals surface area contributed by atoms with Gasteiger partial charge in [0.15, 0.2) is 0 Å². The van der Waals surface area contributed by atoms with Crippen molar-refractivity contribution in [3.05, 3.63) is 10.6 Å². The van der Waals surface area contributed by atoms with E-state index in [1.54, 1.807) is 0 Å². The van der Waals surface area contributed by atoms with Gasteiger partial charge < -0.3 is 0 Å². The Bertz CT molecular complexity index is 595. The molecule has 4 aliphatic rings. The van der Waals surface area contributed by atoms with E-state index < -0.39 is 0 Å². The predicted molar refractivity (Wildman–Crippen MR) is 81.9 cm³/mol. The lowest BCUT2D eigenvalue weighted by Crippen LogP contribution is -2.55. The van der Waals surface area contributed by atoms with Crippen LogP contribution >= 0.6 is 12.2 Å². The van der Waals surface area contributed by atoms with E-state index in [9.17, 15) is 0 Å². The molecule has 2 unspecified atom stereocenters. The summed E-state index contributed by atoms with van der Waals surface area (Å²) < 4.78 is 2.55. The maximum Gasteiger partial charge on any atom is 0.215 e. The highest BCUT2D eigenvalue weighted by molar-refractivity contribution is 7.71. The van der Waals surface area contributed by atoms with Gasteiger partial charge in [0.05, 0.1) is 0 Å². The maximum atomic E-state index is 5.25. The molecule has 4 saturated carbocycles. The van der Waals surface area contributed by atoms with Crippen molar-refractivity contribution in [2.24, 2.45) is 29.2 Å². The quantitative estimate of drug-likeness (QED) is 0.835. The summed E-state index contributed by atoms with van der Waals surface area (Å²) in [5, 5.41) is 3.35. The average Bonchev–Trinajstić information content (AvgIpc) is 2.50. The van der Waals surface area contributed by atoms with Crippen LogP contribution in [-0.2, 0) is 13.5 Å². The third-order valence-corrected chi connectivity index (χ3v) is 6.46. The second-order valence-corrected chi connectivity index (χ2v) is 9.18. The fourth-order valence-electron chi connectivity index (χ4n) is 6.77. The molecule has 0 spiro atoms. The molecule has 1 aromatic rings. The summed E-state index contributed by atoms with van der Waals surface area (Å²) in [7, 11) is 1.96. The van der Waals surface area contributed by atoms with Crippen molar-refractivity contribution in [2.45, 2.75) is 58.8 Å². The summed E-state index contributed by atoms with van der Waals surface area (Å²) in [5.74, 6) is 2.06. The second-order valence-electron chi connectivity index (χ2n) is 8.82. The summed E-state index contributed by atoms with van der Waals surface area (Å²) in [6.45, 7) is 5.07. The summed E-state index contributed by atoms with van der Waals surface area (Å²) in [5.41, 5.74) is 1.65. The molecular weight excluding hydrogens is 266 g/mol. The molecule has 3 nitrogen and oxygen atoms in total. The van der Waals surface area contributed by atoms with Crippen LogP contribution in [0.15, 0.2) is 0 Å². The van der Waals surface area contributed by atoms with Crippen LogP contribution in [-0.4, -0.2) is 14.8 Å². The summed E-state index contributed by atoms with van der Waals surface area (Å²) in [4.78, 5) is 4.55. The number of aryl methyl sites for hydroxylation is 1. The largest absolute Gasteiger partial charge is 0.283 e. The minimum absolute atomic E-state index is 0.482. The van der Waals surface area contributed by atoms with E-state index >= 15 is 0 Å². The first-order chi connectivity index (χ1) is 9.29. The van der Waals surface area contributed by atoms with Crippen molar-refractivity contribution in [3.63, 3.8) is 0 Å². The Morgan fingerprint density at radius 1 is 1.20 bits per heavy atom. The molecule has 0 aliphatic heterocycles. The molecule has 1 N–H and O–H groups in total. The zero-order chi connectivity index (χ0) is 14.2. The van der Waals surface area contributed by atoms with Gasteiger partial charge in [-0.1, -0.05) is 13.8 Å². The Balaban J connectivity index is 1.68. The Kier molecular flexibility index (Phi) is 2.45. The SMILES string of the molecule is Cn1[nH]c(CC23CC4CC(C)(CC(C)(C4)C2)C3)nc1=S. The van der Waals surface area contributed by atoms with Crippen LogP contribution in [0.25, 0.3) is 0 Å². The Hall–Kier alpha value is -0.640. The van der Waals surface area contributed by atoms with Crippen LogP contribution in [0.3, 0.4) is 0 Å². The zero-order valence-electron chi connectivity index (χ0n) is 12.8. The molecule has 4 bridgehead atoms. The molecule has 20 heavy (non-hydrogen) atoms. The Morgan fingerprint density at radius 3 is 2.35 bits per heavy atom. The van der Waals surface area contributed by atoms with Crippen LogP contribution in [0, 0.1) is 26.9 Å². The van der Waals surface area contributed by atoms with Gasteiger partial charge in [0.2, 0.25) is 4.77 Å². The first-order valence-corrected chi connectivity index (χ1v) is 8.32. The minimum atomic E-state index is 0.482. The van der Waals surface area contributed by atoms with Gasteiger partial charge in [-0.25, -0.2) is 4.98 Å². The molecule has 4 aliphatic carbocycles. The molecule has 1 heterocycles. The smallest absolute Gasteiger partial charge is 0.215 e. The number of aromatic nitrogens is 3.